The predicted octanol–water partition coefficient (Wildman–Crippen LogP) is 4.10. The van der Waals surface area contributed by atoms with Gasteiger partial charge in [-0.3, -0.25) is 4.79 Å². The molecule has 0 saturated heterocycles. The van der Waals surface area contributed by atoms with Crippen molar-refractivity contribution in [1.82, 2.24) is 10.6 Å². The summed E-state index contributed by atoms with van der Waals surface area (Å²) in [5.41, 5.74) is -0.342. The molecule has 172 valence electrons. The summed E-state index contributed by atoms with van der Waals surface area (Å²) in [4.78, 5) is 37.6. The summed E-state index contributed by atoms with van der Waals surface area (Å²) in [6, 6.07) is 8.69. The van der Waals surface area contributed by atoms with Gasteiger partial charge >= 0.3 is 12.1 Å². The maximum absolute atomic E-state index is 12.8. The molecule has 31 heavy (non-hydrogen) atoms. The Morgan fingerprint density at radius 1 is 1.10 bits per heavy atom. The maximum atomic E-state index is 12.8. The fourth-order valence-corrected chi connectivity index (χ4v) is 3.54. The summed E-state index contributed by atoms with van der Waals surface area (Å²) in [5.74, 6) is -0.529. The van der Waals surface area contributed by atoms with Crippen molar-refractivity contribution in [3.8, 4) is 0 Å². The zero-order chi connectivity index (χ0) is 23.1. The standard InChI is InChI=1S/C24H36N2O5/c1-17(2)14-19(21(28)30-16-18-10-7-6-8-11-18)25-20(27)15-24(12-9-13-24)26-22(29)31-23(3,4)5/h6-8,10-11,17,19H,9,12-16H2,1-5H3,(H,25,27)(H,26,29)/t19-/m0/s1. The molecule has 2 rings (SSSR count). The van der Waals surface area contributed by atoms with Crippen molar-refractivity contribution < 1.29 is 23.9 Å². The first kappa shape index (κ1) is 24.7. The lowest BCUT2D eigenvalue weighted by Crippen LogP contribution is -2.57. The number of hydrogen-bond donors (Lipinski definition) is 2. The van der Waals surface area contributed by atoms with Crippen molar-refractivity contribution >= 4 is 18.0 Å². The van der Waals surface area contributed by atoms with Gasteiger partial charge in [0.25, 0.3) is 0 Å². The second-order valence-corrected chi connectivity index (χ2v) is 9.78. The van der Waals surface area contributed by atoms with Gasteiger partial charge in [-0.2, -0.15) is 0 Å². The molecule has 1 aliphatic carbocycles. The van der Waals surface area contributed by atoms with E-state index in [9.17, 15) is 14.4 Å². The van der Waals surface area contributed by atoms with Gasteiger partial charge in [-0.05, 0) is 57.9 Å². The molecule has 0 radical (unpaired) electrons. The van der Waals surface area contributed by atoms with Gasteiger partial charge in [-0.1, -0.05) is 44.2 Å². The van der Waals surface area contributed by atoms with Crippen molar-refractivity contribution in [3.05, 3.63) is 35.9 Å². The summed E-state index contributed by atoms with van der Waals surface area (Å²) in [6.45, 7) is 9.52. The topological polar surface area (TPSA) is 93.7 Å². The molecule has 7 heteroatoms. The van der Waals surface area contributed by atoms with Crippen LogP contribution in [0.15, 0.2) is 30.3 Å². The molecule has 0 bridgehead atoms. The maximum Gasteiger partial charge on any atom is 0.408 e. The highest BCUT2D eigenvalue weighted by atomic mass is 16.6. The zero-order valence-electron chi connectivity index (χ0n) is 19.3. The third-order valence-corrected chi connectivity index (χ3v) is 5.13. The molecule has 0 unspecified atom stereocenters. The van der Waals surface area contributed by atoms with E-state index in [-0.39, 0.29) is 24.9 Å². The molecule has 7 nitrogen and oxygen atoms in total. The predicted molar refractivity (Wildman–Crippen MR) is 118 cm³/mol. The average Bonchev–Trinajstić information content (AvgIpc) is 2.62. The van der Waals surface area contributed by atoms with Gasteiger partial charge < -0.3 is 20.1 Å². The highest BCUT2D eigenvalue weighted by molar-refractivity contribution is 5.85. The number of nitrogens with one attached hydrogen (secondary N) is 2. The zero-order valence-corrected chi connectivity index (χ0v) is 19.3. The van der Waals surface area contributed by atoms with Crippen LogP contribution >= 0.6 is 0 Å². The first-order chi connectivity index (χ1) is 14.5. The Bertz CT molecular complexity index is 751. The molecule has 1 saturated carbocycles. The van der Waals surface area contributed by atoms with Crippen LogP contribution in [-0.2, 0) is 25.7 Å². The molecule has 2 amide bonds. The third kappa shape index (κ3) is 8.59. The van der Waals surface area contributed by atoms with Crippen molar-refractivity contribution in [2.45, 2.75) is 90.5 Å². The molecule has 0 heterocycles. The number of alkyl carbamates (subject to hydrolysis) is 1. The van der Waals surface area contributed by atoms with Crippen LogP contribution in [0, 0.1) is 5.92 Å². The van der Waals surface area contributed by atoms with E-state index in [1.54, 1.807) is 20.8 Å². The van der Waals surface area contributed by atoms with Crippen LogP contribution in [0.3, 0.4) is 0 Å². The van der Waals surface area contributed by atoms with Crippen LogP contribution in [0.1, 0.15) is 72.3 Å². The molecule has 0 spiro atoms. The number of amides is 2. The van der Waals surface area contributed by atoms with Gasteiger partial charge in [0, 0.05) is 6.42 Å². The molecule has 1 aromatic carbocycles. The van der Waals surface area contributed by atoms with E-state index in [4.69, 9.17) is 9.47 Å². The average molecular weight is 433 g/mol. The van der Waals surface area contributed by atoms with Gasteiger partial charge in [0.1, 0.15) is 18.2 Å². The van der Waals surface area contributed by atoms with Crippen molar-refractivity contribution in [1.29, 1.82) is 0 Å². The highest BCUT2D eigenvalue weighted by Crippen LogP contribution is 2.35. The summed E-state index contributed by atoms with van der Waals surface area (Å²) in [6.07, 6.45) is 2.39. The van der Waals surface area contributed by atoms with E-state index in [1.165, 1.54) is 0 Å². The summed E-state index contributed by atoms with van der Waals surface area (Å²) >= 11 is 0. The van der Waals surface area contributed by atoms with Crippen molar-refractivity contribution in [2.75, 3.05) is 0 Å². The Morgan fingerprint density at radius 2 is 1.74 bits per heavy atom. The second kappa shape index (κ2) is 10.6. The smallest absolute Gasteiger partial charge is 0.408 e. The van der Waals surface area contributed by atoms with Crippen LogP contribution in [0.2, 0.25) is 0 Å². The quantitative estimate of drug-likeness (QED) is 0.573. The van der Waals surface area contributed by atoms with E-state index < -0.39 is 29.2 Å². The molecule has 2 N–H and O–H groups in total. The largest absolute Gasteiger partial charge is 0.459 e. The van der Waals surface area contributed by atoms with Gasteiger partial charge in [0.2, 0.25) is 5.91 Å². The van der Waals surface area contributed by atoms with E-state index >= 15 is 0 Å². The number of benzene rings is 1. The first-order valence-corrected chi connectivity index (χ1v) is 11.0. The lowest BCUT2D eigenvalue weighted by atomic mass is 9.74. The van der Waals surface area contributed by atoms with Crippen LogP contribution in [0.25, 0.3) is 0 Å². The molecular formula is C24H36N2O5. The minimum atomic E-state index is -0.727. The Balaban J connectivity index is 1.94. The minimum absolute atomic E-state index is 0.104. The van der Waals surface area contributed by atoms with Gasteiger partial charge in [-0.25, -0.2) is 9.59 Å². The Hall–Kier alpha value is -2.57. The van der Waals surface area contributed by atoms with Crippen LogP contribution in [0.4, 0.5) is 4.79 Å². The number of carbonyl (C=O) groups excluding carboxylic acids is 3. The van der Waals surface area contributed by atoms with E-state index in [2.05, 4.69) is 10.6 Å². The Kier molecular flexibility index (Phi) is 8.48. The number of ether oxygens (including phenoxy) is 2. The minimum Gasteiger partial charge on any atom is -0.459 e. The molecular weight excluding hydrogens is 396 g/mol. The number of hydrogen-bond acceptors (Lipinski definition) is 5. The number of rotatable bonds is 9. The van der Waals surface area contributed by atoms with Gasteiger partial charge in [-0.15, -0.1) is 0 Å². The van der Waals surface area contributed by atoms with Gasteiger partial charge in [0.15, 0.2) is 0 Å². The molecule has 0 aliphatic heterocycles. The SMILES string of the molecule is CC(C)C[C@H](NC(=O)CC1(NC(=O)OC(C)(C)C)CCC1)C(=O)OCc1ccccc1. The Morgan fingerprint density at radius 3 is 2.26 bits per heavy atom. The lowest BCUT2D eigenvalue weighted by Gasteiger charge is -2.42. The van der Waals surface area contributed by atoms with E-state index in [0.717, 1.165) is 12.0 Å². The lowest BCUT2D eigenvalue weighted by molar-refractivity contribution is -0.150. The molecule has 1 fully saturated rings. The highest BCUT2D eigenvalue weighted by Gasteiger charge is 2.42. The summed E-state index contributed by atoms with van der Waals surface area (Å²) in [5, 5.41) is 5.69. The van der Waals surface area contributed by atoms with Crippen molar-refractivity contribution in [2.24, 2.45) is 5.92 Å². The summed E-state index contributed by atoms with van der Waals surface area (Å²) < 4.78 is 10.8. The normalized spacial score (nSPS) is 16.1. The number of carbonyl (C=O) groups is 3. The Labute approximate surface area is 185 Å². The third-order valence-electron chi connectivity index (χ3n) is 5.13. The van der Waals surface area contributed by atoms with Crippen molar-refractivity contribution in [3.63, 3.8) is 0 Å². The number of esters is 1. The fourth-order valence-electron chi connectivity index (χ4n) is 3.54. The van der Waals surface area contributed by atoms with Crippen LogP contribution < -0.4 is 10.6 Å². The molecule has 1 atom stereocenters. The monoisotopic (exact) mass is 432 g/mol. The fraction of sp³-hybridized carbons (Fsp3) is 0.625. The van der Waals surface area contributed by atoms with E-state index in [0.29, 0.717) is 19.3 Å². The van der Waals surface area contributed by atoms with Gasteiger partial charge in [0.05, 0.1) is 5.54 Å². The van der Waals surface area contributed by atoms with Crippen LogP contribution in [-0.4, -0.2) is 35.2 Å². The van der Waals surface area contributed by atoms with E-state index in [1.807, 2.05) is 44.2 Å². The second-order valence-electron chi connectivity index (χ2n) is 9.78. The molecule has 0 aromatic heterocycles. The molecule has 1 aromatic rings. The van der Waals surface area contributed by atoms with Crippen LogP contribution in [0.5, 0.6) is 0 Å². The first-order valence-electron chi connectivity index (χ1n) is 11.0. The summed E-state index contributed by atoms with van der Waals surface area (Å²) in [7, 11) is 0. The molecule has 1 aliphatic rings.